The van der Waals surface area contributed by atoms with Gasteiger partial charge in [0.1, 0.15) is 0 Å². The van der Waals surface area contributed by atoms with Gasteiger partial charge in [-0.3, -0.25) is 0 Å². The van der Waals surface area contributed by atoms with E-state index in [0.29, 0.717) is 12.0 Å². The number of hydrogen-bond donors (Lipinski definition) is 1. The van der Waals surface area contributed by atoms with E-state index in [0.717, 1.165) is 6.54 Å². The van der Waals surface area contributed by atoms with Gasteiger partial charge >= 0.3 is 0 Å². The Morgan fingerprint density at radius 1 is 1.24 bits per heavy atom. The van der Waals surface area contributed by atoms with Crippen LogP contribution in [0, 0.1) is 12.8 Å². The lowest BCUT2D eigenvalue weighted by atomic mass is 9.99. The first-order valence-electron chi connectivity index (χ1n) is 6.49. The molecule has 0 bridgehead atoms. The van der Waals surface area contributed by atoms with Gasteiger partial charge in [0.2, 0.25) is 0 Å². The highest BCUT2D eigenvalue weighted by Crippen LogP contribution is 2.15. The van der Waals surface area contributed by atoms with Gasteiger partial charge in [-0.2, -0.15) is 0 Å². The Morgan fingerprint density at radius 3 is 2.47 bits per heavy atom. The molecule has 0 fully saturated rings. The average molecular weight is 231 g/mol. The Balaban J connectivity index is 2.82. The maximum atomic E-state index is 3.49. The third-order valence-electron chi connectivity index (χ3n) is 2.85. The fourth-order valence-electron chi connectivity index (χ4n) is 1.72. The van der Waals surface area contributed by atoms with Crippen LogP contribution < -0.4 is 5.32 Å². The maximum Gasteiger partial charge on any atom is 0.0172 e. The smallest absolute Gasteiger partial charge is 0.0172 e. The molecule has 1 heteroatoms. The second-order valence-corrected chi connectivity index (χ2v) is 5.32. The third kappa shape index (κ3) is 5.18. The molecular formula is C16H25N. The second-order valence-electron chi connectivity index (χ2n) is 5.32. The highest BCUT2D eigenvalue weighted by atomic mass is 14.9. The summed E-state index contributed by atoms with van der Waals surface area (Å²) in [6.07, 6.45) is 2.31. The normalized spacial score (nSPS) is 12.5. The van der Waals surface area contributed by atoms with E-state index < -0.39 is 0 Å². The molecule has 0 aliphatic carbocycles. The number of nitrogens with one attached hydrogen (secondary N) is 1. The van der Waals surface area contributed by atoms with E-state index in [1.807, 2.05) is 0 Å². The van der Waals surface area contributed by atoms with Crippen molar-refractivity contribution in [2.24, 2.45) is 5.92 Å². The lowest BCUT2D eigenvalue weighted by Gasteiger charge is -2.15. The summed E-state index contributed by atoms with van der Waals surface area (Å²) in [5, 5.41) is 3.49. The van der Waals surface area contributed by atoms with Crippen LogP contribution in [0.3, 0.4) is 0 Å². The monoisotopic (exact) mass is 231 g/mol. The van der Waals surface area contributed by atoms with E-state index in [9.17, 15) is 0 Å². The summed E-state index contributed by atoms with van der Waals surface area (Å²) in [6.45, 7) is 12.0. The highest BCUT2D eigenvalue weighted by Gasteiger charge is 2.04. The Bertz CT molecular complexity index is 375. The molecule has 94 valence electrons. The van der Waals surface area contributed by atoms with Crippen molar-refractivity contribution in [1.82, 2.24) is 5.32 Å². The molecule has 0 aliphatic heterocycles. The van der Waals surface area contributed by atoms with E-state index >= 15 is 0 Å². The first-order chi connectivity index (χ1) is 7.99. The van der Waals surface area contributed by atoms with Crippen molar-refractivity contribution in [3.05, 3.63) is 41.0 Å². The molecule has 0 aromatic heterocycles. The summed E-state index contributed by atoms with van der Waals surface area (Å²) < 4.78 is 0. The summed E-state index contributed by atoms with van der Waals surface area (Å²) in [7, 11) is 0. The van der Waals surface area contributed by atoms with Gasteiger partial charge in [-0.25, -0.2) is 0 Å². The van der Waals surface area contributed by atoms with Crippen LogP contribution in [0.5, 0.6) is 0 Å². The third-order valence-corrected chi connectivity index (χ3v) is 2.85. The van der Waals surface area contributed by atoms with Gasteiger partial charge in [-0.05, 0) is 18.4 Å². The summed E-state index contributed by atoms with van der Waals surface area (Å²) in [5.41, 5.74) is 4.09. The fourth-order valence-corrected chi connectivity index (χ4v) is 1.72. The lowest BCUT2D eigenvalue weighted by Crippen LogP contribution is -2.26. The topological polar surface area (TPSA) is 12.0 Å². The van der Waals surface area contributed by atoms with Crippen LogP contribution in [0.2, 0.25) is 0 Å². The van der Waals surface area contributed by atoms with E-state index in [2.05, 4.69) is 70.3 Å². The number of benzene rings is 1. The number of aryl methyl sites for hydroxylation is 1. The summed E-state index contributed by atoms with van der Waals surface area (Å²) >= 11 is 0. The van der Waals surface area contributed by atoms with Crippen LogP contribution in [0.1, 0.15) is 38.8 Å². The Morgan fingerprint density at radius 2 is 1.94 bits per heavy atom. The second kappa shape index (κ2) is 6.61. The average Bonchev–Trinajstić information content (AvgIpc) is 2.23. The first kappa shape index (κ1) is 14.0. The molecule has 1 aromatic carbocycles. The van der Waals surface area contributed by atoms with Crippen molar-refractivity contribution in [3.63, 3.8) is 0 Å². The van der Waals surface area contributed by atoms with Crippen LogP contribution in [-0.4, -0.2) is 12.6 Å². The minimum absolute atomic E-state index is 0.537. The van der Waals surface area contributed by atoms with E-state index in [4.69, 9.17) is 0 Å². The Hall–Kier alpha value is -1.08. The SMILES string of the molecule is Cc1cccc(C=C(CNC(C)C)C(C)C)c1. The molecule has 0 heterocycles. The molecule has 1 nitrogen and oxygen atoms in total. The molecule has 17 heavy (non-hydrogen) atoms. The van der Waals surface area contributed by atoms with Crippen LogP contribution in [0.25, 0.3) is 6.08 Å². The van der Waals surface area contributed by atoms with Crippen LogP contribution in [-0.2, 0) is 0 Å². The molecule has 1 rings (SSSR count). The van der Waals surface area contributed by atoms with Gasteiger partial charge in [-0.15, -0.1) is 0 Å². The van der Waals surface area contributed by atoms with Gasteiger partial charge in [0.15, 0.2) is 0 Å². The molecule has 0 saturated heterocycles. The molecule has 0 aliphatic rings. The van der Waals surface area contributed by atoms with Crippen molar-refractivity contribution in [2.45, 2.75) is 40.7 Å². The minimum atomic E-state index is 0.537. The molecule has 0 radical (unpaired) electrons. The van der Waals surface area contributed by atoms with Gasteiger partial charge in [-0.1, -0.05) is 69.2 Å². The molecule has 0 amide bonds. The van der Waals surface area contributed by atoms with Crippen molar-refractivity contribution in [3.8, 4) is 0 Å². The molecule has 1 aromatic rings. The first-order valence-corrected chi connectivity index (χ1v) is 6.49. The number of hydrogen-bond acceptors (Lipinski definition) is 1. The zero-order chi connectivity index (χ0) is 12.8. The summed E-state index contributed by atoms with van der Waals surface area (Å²) in [4.78, 5) is 0. The largest absolute Gasteiger partial charge is 0.311 e. The maximum absolute atomic E-state index is 3.49. The summed E-state index contributed by atoms with van der Waals surface area (Å²) in [6, 6.07) is 9.20. The van der Waals surface area contributed by atoms with E-state index in [1.165, 1.54) is 16.7 Å². The van der Waals surface area contributed by atoms with Gasteiger partial charge in [0, 0.05) is 12.6 Å². The molecule has 0 unspecified atom stereocenters. The van der Waals surface area contributed by atoms with Gasteiger partial charge in [0.25, 0.3) is 0 Å². The Kier molecular flexibility index (Phi) is 5.43. The fraction of sp³-hybridized carbons (Fsp3) is 0.500. The van der Waals surface area contributed by atoms with E-state index in [1.54, 1.807) is 0 Å². The quantitative estimate of drug-likeness (QED) is 0.806. The molecule has 1 N–H and O–H groups in total. The Labute approximate surface area is 106 Å². The zero-order valence-electron chi connectivity index (χ0n) is 11.7. The molecule has 0 saturated carbocycles. The van der Waals surface area contributed by atoms with Crippen LogP contribution >= 0.6 is 0 Å². The zero-order valence-corrected chi connectivity index (χ0v) is 11.7. The lowest BCUT2D eigenvalue weighted by molar-refractivity contribution is 0.593. The van der Waals surface area contributed by atoms with Crippen LogP contribution in [0.15, 0.2) is 29.8 Å². The predicted octanol–water partition coefficient (Wildman–Crippen LogP) is 4.03. The van der Waals surface area contributed by atoms with Gasteiger partial charge < -0.3 is 5.32 Å². The summed E-state index contributed by atoms with van der Waals surface area (Å²) in [5.74, 6) is 0.585. The predicted molar refractivity (Wildman–Crippen MR) is 77.1 cm³/mol. The van der Waals surface area contributed by atoms with Gasteiger partial charge in [0.05, 0.1) is 0 Å². The van der Waals surface area contributed by atoms with Crippen molar-refractivity contribution in [1.29, 1.82) is 0 Å². The van der Waals surface area contributed by atoms with E-state index in [-0.39, 0.29) is 0 Å². The molecular weight excluding hydrogens is 206 g/mol. The van der Waals surface area contributed by atoms with Crippen LogP contribution in [0.4, 0.5) is 0 Å². The van der Waals surface area contributed by atoms with Crippen molar-refractivity contribution < 1.29 is 0 Å². The number of rotatable bonds is 5. The van der Waals surface area contributed by atoms with Crippen molar-refractivity contribution in [2.75, 3.05) is 6.54 Å². The molecule has 0 atom stereocenters. The highest BCUT2D eigenvalue weighted by molar-refractivity contribution is 5.54. The van der Waals surface area contributed by atoms with Crippen molar-refractivity contribution >= 4 is 6.08 Å². The standard InChI is InChI=1S/C16H25N/c1-12(2)16(11-17-13(3)4)10-15-8-6-7-14(5)9-15/h6-10,12-13,17H,11H2,1-5H3. The molecule has 0 spiro atoms. The minimum Gasteiger partial charge on any atom is -0.311 e.